The molecule has 0 bridgehead atoms. The number of allylic oxidation sites excluding steroid dienone is 1. The molecule has 2 nitrogen and oxygen atoms in total. The molecule has 2 heteroatoms. The highest BCUT2D eigenvalue weighted by molar-refractivity contribution is 5.69. The van der Waals surface area contributed by atoms with E-state index in [0.29, 0.717) is 0 Å². The van der Waals surface area contributed by atoms with Crippen LogP contribution in [0, 0.1) is 0 Å². The van der Waals surface area contributed by atoms with Gasteiger partial charge in [0.25, 0.3) is 0 Å². The third-order valence-electron chi connectivity index (χ3n) is 2.73. The Bertz CT molecular complexity index is 432. The molecule has 1 atom stereocenters. The second kappa shape index (κ2) is 4.44. The van der Waals surface area contributed by atoms with Crippen molar-refractivity contribution in [2.24, 2.45) is 0 Å². The van der Waals surface area contributed by atoms with E-state index in [9.17, 15) is 0 Å². The molecule has 84 valence electrons. The molecule has 0 aromatic heterocycles. The third kappa shape index (κ3) is 1.96. The van der Waals surface area contributed by atoms with Crippen molar-refractivity contribution in [2.45, 2.75) is 19.4 Å². The normalized spacial score (nSPS) is 15.0. The number of benzene rings is 1. The van der Waals surface area contributed by atoms with E-state index < -0.39 is 0 Å². The molecule has 1 aromatic rings. The van der Waals surface area contributed by atoms with Gasteiger partial charge < -0.3 is 9.47 Å². The van der Waals surface area contributed by atoms with Crippen molar-refractivity contribution in [2.75, 3.05) is 7.11 Å². The first-order valence-corrected chi connectivity index (χ1v) is 5.41. The number of ether oxygens (including phenoxy) is 2. The van der Waals surface area contributed by atoms with Crippen molar-refractivity contribution in [1.82, 2.24) is 0 Å². The number of hydrogen-bond acceptors (Lipinski definition) is 2. The van der Waals surface area contributed by atoms with Crippen molar-refractivity contribution in [3.8, 4) is 5.75 Å². The van der Waals surface area contributed by atoms with Gasteiger partial charge in [0.2, 0.25) is 0 Å². The molecule has 2 rings (SSSR count). The van der Waals surface area contributed by atoms with Gasteiger partial charge in [0.15, 0.2) is 0 Å². The fourth-order valence-corrected chi connectivity index (χ4v) is 1.78. The first kappa shape index (κ1) is 10.8. The fraction of sp³-hybridized carbons (Fsp3) is 0.286. The Morgan fingerprint density at radius 2 is 2.25 bits per heavy atom. The largest absolute Gasteiger partial charge is 0.497 e. The number of fused-ring (bicyclic) bond motifs is 1. The van der Waals surface area contributed by atoms with Crippen LogP contribution in [0.4, 0.5) is 0 Å². The molecule has 1 aliphatic rings. The van der Waals surface area contributed by atoms with Gasteiger partial charge in [-0.05, 0) is 43.2 Å². The SMILES string of the molecule is C=CC(C)OC1=CCc2cc(OC)ccc21. The first-order valence-electron chi connectivity index (χ1n) is 5.41. The average molecular weight is 216 g/mol. The van der Waals surface area contributed by atoms with E-state index in [1.807, 2.05) is 19.1 Å². The topological polar surface area (TPSA) is 18.5 Å². The predicted molar refractivity (Wildman–Crippen MR) is 65.4 cm³/mol. The standard InChI is InChI=1S/C14H16O2/c1-4-10(2)16-14-8-5-11-9-12(15-3)6-7-13(11)14/h4,6-10H,1,5H2,2-3H3. The molecule has 16 heavy (non-hydrogen) atoms. The van der Waals surface area contributed by atoms with Gasteiger partial charge in [-0.25, -0.2) is 0 Å². The molecule has 0 saturated carbocycles. The lowest BCUT2D eigenvalue weighted by atomic mass is 10.1. The van der Waals surface area contributed by atoms with Crippen LogP contribution in [0.5, 0.6) is 5.75 Å². The number of methoxy groups -OCH3 is 1. The van der Waals surface area contributed by atoms with E-state index in [-0.39, 0.29) is 6.10 Å². The van der Waals surface area contributed by atoms with Gasteiger partial charge in [-0.1, -0.05) is 12.7 Å². The summed E-state index contributed by atoms with van der Waals surface area (Å²) in [5, 5.41) is 0. The summed E-state index contributed by atoms with van der Waals surface area (Å²) in [5.74, 6) is 1.84. The van der Waals surface area contributed by atoms with Crippen molar-refractivity contribution in [3.63, 3.8) is 0 Å². The van der Waals surface area contributed by atoms with Gasteiger partial charge in [0, 0.05) is 5.56 Å². The van der Waals surface area contributed by atoms with Crippen LogP contribution in [0.3, 0.4) is 0 Å². The average Bonchev–Trinajstić information content (AvgIpc) is 2.71. The maximum absolute atomic E-state index is 5.76. The van der Waals surface area contributed by atoms with Crippen LogP contribution >= 0.6 is 0 Å². The second-order valence-corrected chi connectivity index (χ2v) is 3.85. The summed E-state index contributed by atoms with van der Waals surface area (Å²) in [6.07, 6.45) is 4.84. The summed E-state index contributed by atoms with van der Waals surface area (Å²) in [6, 6.07) is 6.06. The Kier molecular flexibility index (Phi) is 3.00. The van der Waals surface area contributed by atoms with E-state index >= 15 is 0 Å². The van der Waals surface area contributed by atoms with E-state index in [2.05, 4.69) is 18.7 Å². The Morgan fingerprint density at radius 3 is 2.94 bits per heavy atom. The molecule has 1 aromatic carbocycles. The predicted octanol–water partition coefficient (Wildman–Crippen LogP) is 3.18. The Balaban J connectivity index is 2.21. The molecular formula is C14H16O2. The van der Waals surface area contributed by atoms with E-state index in [1.165, 1.54) is 5.56 Å². The van der Waals surface area contributed by atoms with Crippen LogP contribution in [0.15, 0.2) is 36.9 Å². The summed E-state index contributed by atoms with van der Waals surface area (Å²) in [6.45, 7) is 5.70. The van der Waals surface area contributed by atoms with E-state index in [4.69, 9.17) is 9.47 Å². The quantitative estimate of drug-likeness (QED) is 0.720. The fourth-order valence-electron chi connectivity index (χ4n) is 1.78. The van der Waals surface area contributed by atoms with Gasteiger partial charge in [0.1, 0.15) is 17.6 Å². The summed E-state index contributed by atoms with van der Waals surface area (Å²) < 4.78 is 11.0. The zero-order valence-corrected chi connectivity index (χ0v) is 9.69. The van der Waals surface area contributed by atoms with Crippen LogP contribution in [0.2, 0.25) is 0 Å². The molecule has 0 spiro atoms. The zero-order chi connectivity index (χ0) is 11.5. The van der Waals surface area contributed by atoms with Crippen LogP contribution in [0.25, 0.3) is 5.76 Å². The Hall–Kier alpha value is -1.70. The molecule has 0 aliphatic heterocycles. The molecule has 1 unspecified atom stereocenters. The van der Waals surface area contributed by atoms with Gasteiger partial charge >= 0.3 is 0 Å². The number of hydrogen-bond donors (Lipinski definition) is 0. The van der Waals surface area contributed by atoms with Crippen LogP contribution in [0.1, 0.15) is 18.1 Å². The van der Waals surface area contributed by atoms with Gasteiger partial charge in [-0.2, -0.15) is 0 Å². The summed E-state index contributed by atoms with van der Waals surface area (Å²) in [7, 11) is 1.68. The third-order valence-corrected chi connectivity index (χ3v) is 2.73. The minimum Gasteiger partial charge on any atom is -0.497 e. The summed E-state index contributed by atoms with van der Waals surface area (Å²) in [4.78, 5) is 0. The van der Waals surface area contributed by atoms with Crippen molar-refractivity contribution in [3.05, 3.63) is 48.1 Å². The maximum Gasteiger partial charge on any atom is 0.124 e. The molecule has 0 amide bonds. The van der Waals surface area contributed by atoms with Crippen molar-refractivity contribution in [1.29, 1.82) is 0 Å². The van der Waals surface area contributed by atoms with Crippen LogP contribution in [-0.2, 0) is 11.2 Å². The highest BCUT2D eigenvalue weighted by Crippen LogP contribution is 2.31. The Morgan fingerprint density at radius 1 is 1.44 bits per heavy atom. The molecule has 0 N–H and O–H groups in total. The van der Waals surface area contributed by atoms with Crippen LogP contribution in [-0.4, -0.2) is 13.2 Å². The molecule has 0 radical (unpaired) electrons. The monoisotopic (exact) mass is 216 g/mol. The van der Waals surface area contributed by atoms with Crippen LogP contribution < -0.4 is 4.74 Å². The van der Waals surface area contributed by atoms with Crippen molar-refractivity contribution >= 4 is 5.76 Å². The highest BCUT2D eigenvalue weighted by Gasteiger charge is 2.16. The van der Waals surface area contributed by atoms with E-state index in [0.717, 1.165) is 23.5 Å². The van der Waals surface area contributed by atoms with Gasteiger partial charge in [-0.3, -0.25) is 0 Å². The Labute approximate surface area is 96.2 Å². The maximum atomic E-state index is 5.76. The van der Waals surface area contributed by atoms with Gasteiger partial charge in [-0.15, -0.1) is 0 Å². The zero-order valence-electron chi connectivity index (χ0n) is 9.69. The van der Waals surface area contributed by atoms with Crippen molar-refractivity contribution < 1.29 is 9.47 Å². The molecule has 0 fully saturated rings. The molecular weight excluding hydrogens is 200 g/mol. The minimum absolute atomic E-state index is 0.0410. The minimum atomic E-state index is 0.0410. The summed E-state index contributed by atoms with van der Waals surface area (Å²) in [5.41, 5.74) is 2.42. The molecule has 1 aliphatic carbocycles. The van der Waals surface area contributed by atoms with E-state index in [1.54, 1.807) is 13.2 Å². The van der Waals surface area contributed by atoms with Gasteiger partial charge in [0.05, 0.1) is 7.11 Å². The summed E-state index contributed by atoms with van der Waals surface area (Å²) >= 11 is 0. The lowest BCUT2D eigenvalue weighted by Crippen LogP contribution is -2.02. The number of rotatable bonds is 4. The smallest absolute Gasteiger partial charge is 0.124 e. The highest BCUT2D eigenvalue weighted by atomic mass is 16.5. The lowest BCUT2D eigenvalue weighted by Gasteiger charge is -2.13. The lowest BCUT2D eigenvalue weighted by molar-refractivity contribution is 0.231. The molecule has 0 heterocycles. The first-order chi connectivity index (χ1) is 7.74. The molecule has 0 saturated heterocycles. The second-order valence-electron chi connectivity index (χ2n) is 3.85.